The van der Waals surface area contributed by atoms with Crippen molar-refractivity contribution in [1.29, 1.82) is 0 Å². The lowest BCUT2D eigenvalue weighted by molar-refractivity contribution is 0.102. The molecule has 2 aromatic rings. The first kappa shape index (κ1) is 15.1. The van der Waals surface area contributed by atoms with Crippen LogP contribution < -0.4 is 16.0 Å². The maximum Gasteiger partial charge on any atom is 0.319 e. The highest BCUT2D eigenvalue weighted by atomic mass is 16.3. The summed E-state index contributed by atoms with van der Waals surface area (Å²) in [6, 6.07) is 8.80. The molecule has 3 N–H and O–H groups in total. The third kappa shape index (κ3) is 3.91. The Hall–Kier alpha value is -2.76. The van der Waals surface area contributed by atoms with Crippen LogP contribution in [0.25, 0.3) is 0 Å². The fraction of sp³-hybridized carbons (Fsp3) is 0.294. The van der Waals surface area contributed by atoms with Gasteiger partial charge in [0.15, 0.2) is 0 Å². The van der Waals surface area contributed by atoms with E-state index >= 15 is 0 Å². The van der Waals surface area contributed by atoms with E-state index in [-0.39, 0.29) is 11.9 Å². The zero-order valence-electron chi connectivity index (χ0n) is 13.1. The first-order chi connectivity index (χ1) is 11.0. The molecule has 1 saturated carbocycles. The van der Waals surface area contributed by atoms with E-state index in [0.717, 1.165) is 12.8 Å². The van der Waals surface area contributed by atoms with E-state index in [1.165, 1.54) is 0 Å². The summed E-state index contributed by atoms with van der Waals surface area (Å²) in [7, 11) is 0. The Morgan fingerprint density at radius 3 is 2.17 bits per heavy atom. The molecule has 0 atom stereocenters. The number of nitrogens with one attached hydrogen (secondary N) is 3. The molecule has 0 radical (unpaired) electrons. The highest BCUT2D eigenvalue weighted by Crippen LogP contribution is 2.20. The summed E-state index contributed by atoms with van der Waals surface area (Å²) in [5.74, 6) is 1.08. The van der Waals surface area contributed by atoms with E-state index in [1.54, 1.807) is 44.2 Å². The van der Waals surface area contributed by atoms with Crippen molar-refractivity contribution in [2.45, 2.75) is 32.7 Å². The minimum absolute atomic E-state index is 0.200. The van der Waals surface area contributed by atoms with Crippen molar-refractivity contribution in [1.82, 2.24) is 5.32 Å². The minimum atomic E-state index is -0.216. The maximum absolute atomic E-state index is 12.2. The van der Waals surface area contributed by atoms with Gasteiger partial charge in [0.2, 0.25) is 0 Å². The predicted molar refractivity (Wildman–Crippen MR) is 87.8 cm³/mol. The van der Waals surface area contributed by atoms with E-state index in [0.29, 0.717) is 34.5 Å². The molecule has 1 heterocycles. The molecule has 3 amide bonds. The molecule has 1 aliphatic rings. The molecule has 0 aliphatic heterocycles. The number of carbonyl (C=O) groups excluding carboxylic acids is 2. The van der Waals surface area contributed by atoms with Gasteiger partial charge in [-0.05, 0) is 57.0 Å². The highest BCUT2D eigenvalue weighted by molar-refractivity contribution is 6.05. The van der Waals surface area contributed by atoms with Gasteiger partial charge in [0.1, 0.15) is 11.5 Å². The van der Waals surface area contributed by atoms with E-state index < -0.39 is 0 Å². The number of hydrogen-bond acceptors (Lipinski definition) is 3. The van der Waals surface area contributed by atoms with Crippen molar-refractivity contribution >= 4 is 23.3 Å². The number of hydrogen-bond donors (Lipinski definition) is 3. The van der Waals surface area contributed by atoms with Gasteiger partial charge in [-0.15, -0.1) is 0 Å². The molecule has 1 aliphatic carbocycles. The second kappa shape index (κ2) is 6.16. The third-order valence-electron chi connectivity index (χ3n) is 3.60. The molecule has 6 heteroatoms. The number of aryl methyl sites for hydroxylation is 2. The lowest BCUT2D eigenvalue weighted by Gasteiger charge is -2.08. The van der Waals surface area contributed by atoms with Crippen LogP contribution in [0.5, 0.6) is 0 Å². The smallest absolute Gasteiger partial charge is 0.319 e. The summed E-state index contributed by atoms with van der Waals surface area (Å²) in [4.78, 5) is 23.8. The summed E-state index contributed by atoms with van der Waals surface area (Å²) < 4.78 is 5.36. The molecule has 1 fully saturated rings. The second-order valence-electron chi connectivity index (χ2n) is 5.73. The van der Waals surface area contributed by atoms with Gasteiger partial charge in [0.05, 0.1) is 5.56 Å². The van der Waals surface area contributed by atoms with E-state index in [2.05, 4.69) is 16.0 Å². The van der Waals surface area contributed by atoms with Gasteiger partial charge in [-0.2, -0.15) is 0 Å². The number of furan rings is 1. The Morgan fingerprint density at radius 1 is 1.04 bits per heavy atom. The lowest BCUT2D eigenvalue weighted by atomic mass is 10.2. The molecular formula is C17H19N3O3. The Balaban J connectivity index is 1.59. The zero-order valence-corrected chi connectivity index (χ0v) is 13.1. The Labute approximate surface area is 134 Å². The summed E-state index contributed by atoms with van der Waals surface area (Å²) in [5, 5.41) is 8.42. The first-order valence-electron chi connectivity index (χ1n) is 7.57. The Morgan fingerprint density at radius 2 is 1.65 bits per heavy atom. The number of urea groups is 1. The highest BCUT2D eigenvalue weighted by Gasteiger charge is 2.23. The number of anilines is 2. The Bertz CT molecular complexity index is 730. The molecular weight excluding hydrogens is 294 g/mol. The molecule has 23 heavy (non-hydrogen) atoms. The molecule has 6 nitrogen and oxygen atoms in total. The molecule has 0 bridgehead atoms. The van der Waals surface area contributed by atoms with Crippen LogP contribution in [0.4, 0.5) is 16.2 Å². The van der Waals surface area contributed by atoms with E-state index in [4.69, 9.17) is 4.42 Å². The third-order valence-corrected chi connectivity index (χ3v) is 3.60. The molecule has 1 aromatic heterocycles. The van der Waals surface area contributed by atoms with Gasteiger partial charge in [-0.25, -0.2) is 4.79 Å². The molecule has 3 rings (SSSR count). The van der Waals surface area contributed by atoms with Crippen molar-refractivity contribution in [2.75, 3.05) is 10.6 Å². The average molecular weight is 313 g/mol. The number of carbonyl (C=O) groups is 2. The maximum atomic E-state index is 12.2. The number of benzene rings is 1. The van der Waals surface area contributed by atoms with Gasteiger partial charge in [0, 0.05) is 17.4 Å². The monoisotopic (exact) mass is 313 g/mol. The first-order valence-corrected chi connectivity index (χ1v) is 7.57. The van der Waals surface area contributed by atoms with Crippen LogP contribution in [0.15, 0.2) is 34.7 Å². The predicted octanol–water partition coefficient (Wildman–Crippen LogP) is 3.43. The molecule has 1 aromatic carbocycles. The SMILES string of the molecule is Cc1cc(C(=O)Nc2ccc(NC(=O)NC3CC3)cc2)c(C)o1. The Kier molecular flexibility index (Phi) is 4.06. The largest absolute Gasteiger partial charge is 0.466 e. The van der Waals surface area contributed by atoms with Crippen LogP contribution in [-0.2, 0) is 0 Å². The summed E-state index contributed by atoms with van der Waals surface area (Å²) in [5.41, 5.74) is 1.85. The normalized spacial score (nSPS) is 13.5. The van der Waals surface area contributed by atoms with Crippen molar-refractivity contribution in [3.63, 3.8) is 0 Å². The van der Waals surface area contributed by atoms with Gasteiger partial charge >= 0.3 is 6.03 Å². The molecule has 0 saturated heterocycles. The van der Waals surface area contributed by atoms with Crippen LogP contribution >= 0.6 is 0 Å². The summed E-state index contributed by atoms with van der Waals surface area (Å²) >= 11 is 0. The van der Waals surface area contributed by atoms with Crippen LogP contribution in [-0.4, -0.2) is 18.0 Å². The van der Waals surface area contributed by atoms with Crippen molar-refractivity contribution in [3.8, 4) is 0 Å². The van der Waals surface area contributed by atoms with Crippen molar-refractivity contribution < 1.29 is 14.0 Å². The van der Waals surface area contributed by atoms with E-state index in [1.807, 2.05) is 0 Å². The van der Waals surface area contributed by atoms with Crippen molar-refractivity contribution in [2.24, 2.45) is 0 Å². The van der Waals surface area contributed by atoms with Gasteiger partial charge < -0.3 is 20.4 Å². The summed E-state index contributed by atoms with van der Waals surface area (Å²) in [6.45, 7) is 3.56. The van der Waals surface area contributed by atoms with Crippen molar-refractivity contribution in [3.05, 3.63) is 47.4 Å². The van der Waals surface area contributed by atoms with Crippen LogP contribution in [0.2, 0.25) is 0 Å². The fourth-order valence-corrected chi connectivity index (χ4v) is 2.27. The van der Waals surface area contributed by atoms with Crippen LogP contribution in [0.3, 0.4) is 0 Å². The molecule has 120 valence electrons. The quantitative estimate of drug-likeness (QED) is 0.808. The minimum Gasteiger partial charge on any atom is -0.466 e. The summed E-state index contributed by atoms with van der Waals surface area (Å²) in [6.07, 6.45) is 2.09. The van der Waals surface area contributed by atoms with Gasteiger partial charge in [-0.1, -0.05) is 0 Å². The number of rotatable bonds is 4. The van der Waals surface area contributed by atoms with Gasteiger partial charge in [0.25, 0.3) is 5.91 Å². The molecule has 0 spiro atoms. The van der Waals surface area contributed by atoms with Crippen LogP contribution in [0, 0.1) is 13.8 Å². The molecule has 0 unspecified atom stereocenters. The fourth-order valence-electron chi connectivity index (χ4n) is 2.27. The zero-order chi connectivity index (χ0) is 16.4. The average Bonchev–Trinajstić information content (AvgIpc) is 3.23. The standard InChI is InChI=1S/C17H19N3O3/c1-10-9-15(11(2)23-10)16(21)18-12-3-5-13(6-4-12)19-17(22)20-14-7-8-14/h3-6,9,14H,7-8H2,1-2H3,(H,18,21)(H2,19,20,22). The van der Waals surface area contributed by atoms with Gasteiger partial charge in [-0.3, -0.25) is 4.79 Å². The second-order valence-corrected chi connectivity index (χ2v) is 5.73. The van der Waals surface area contributed by atoms with E-state index in [9.17, 15) is 9.59 Å². The lowest BCUT2D eigenvalue weighted by Crippen LogP contribution is -2.30. The van der Waals surface area contributed by atoms with Crippen LogP contribution in [0.1, 0.15) is 34.7 Å². The topological polar surface area (TPSA) is 83.4 Å². The number of amides is 3.